The maximum Gasteiger partial charge on any atom is 0.124 e. The summed E-state index contributed by atoms with van der Waals surface area (Å²) < 4.78 is 5.31. The quantitative estimate of drug-likeness (QED) is 0.504. The molecule has 0 unspecified atom stereocenters. The maximum absolute atomic E-state index is 7.76. The second kappa shape index (κ2) is 6.64. The molecule has 0 atom stereocenters. The van der Waals surface area contributed by atoms with E-state index in [1.807, 2.05) is 18.2 Å². The SMILES string of the molecule is COc1ccc(C(=N)N)c(N(C)C2CCCCCC2)c1. The van der Waals surface area contributed by atoms with Crippen LogP contribution in [-0.2, 0) is 0 Å². The third-order valence-corrected chi connectivity index (χ3v) is 4.25. The zero-order valence-electron chi connectivity index (χ0n) is 12.5. The van der Waals surface area contributed by atoms with Crippen LogP contribution in [0.4, 0.5) is 5.69 Å². The van der Waals surface area contributed by atoms with E-state index in [4.69, 9.17) is 15.9 Å². The summed E-state index contributed by atoms with van der Waals surface area (Å²) in [7, 11) is 3.77. The summed E-state index contributed by atoms with van der Waals surface area (Å²) in [6.07, 6.45) is 7.67. The molecule has 1 saturated carbocycles. The Hall–Kier alpha value is -1.71. The predicted molar refractivity (Wildman–Crippen MR) is 83.9 cm³/mol. The molecule has 1 aromatic rings. The molecule has 1 aliphatic carbocycles. The molecule has 4 nitrogen and oxygen atoms in total. The van der Waals surface area contributed by atoms with Gasteiger partial charge in [0.15, 0.2) is 0 Å². The highest BCUT2D eigenvalue weighted by molar-refractivity contribution is 6.00. The van der Waals surface area contributed by atoms with Gasteiger partial charge in [-0.1, -0.05) is 25.7 Å². The van der Waals surface area contributed by atoms with Crippen molar-refractivity contribution in [1.29, 1.82) is 5.41 Å². The molecule has 1 aromatic carbocycles. The van der Waals surface area contributed by atoms with Crippen LogP contribution < -0.4 is 15.4 Å². The van der Waals surface area contributed by atoms with Gasteiger partial charge in [0.1, 0.15) is 11.6 Å². The summed E-state index contributed by atoms with van der Waals surface area (Å²) in [6.45, 7) is 0. The zero-order chi connectivity index (χ0) is 14.5. The highest BCUT2D eigenvalue weighted by atomic mass is 16.5. The van der Waals surface area contributed by atoms with E-state index >= 15 is 0 Å². The first-order valence-corrected chi connectivity index (χ1v) is 7.38. The first-order chi connectivity index (χ1) is 9.63. The van der Waals surface area contributed by atoms with Crippen molar-refractivity contribution in [3.8, 4) is 5.75 Å². The van der Waals surface area contributed by atoms with Crippen LogP contribution in [0.15, 0.2) is 18.2 Å². The van der Waals surface area contributed by atoms with Crippen LogP contribution in [0, 0.1) is 5.41 Å². The van der Waals surface area contributed by atoms with Crippen molar-refractivity contribution in [2.45, 2.75) is 44.6 Å². The lowest BCUT2D eigenvalue weighted by Crippen LogP contribution is -2.33. The number of hydrogen-bond donors (Lipinski definition) is 2. The number of hydrogen-bond acceptors (Lipinski definition) is 3. The van der Waals surface area contributed by atoms with E-state index in [2.05, 4.69) is 11.9 Å². The zero-order valence-corrected chi connectivity index (χ0v) is 12.5. The fourth-order valence-corrected chi connectivity index (χ4v) is 3.00. The lowest BCUT2D eigenvalue weighted by molar-refractivity contribution is 0.414. The second-order valence-electron chi connectivity index (χ2n) is 5.55. The average molecular weight is 275 g/mol. The highest BCUT2D eigenvalue weighted by Crippen LogP contribution is 2.30. The minimum Gasteiger partial charge on any atom is -0.497 e. The molecular formula is C16H25N3O. The molecule has 0 amide bonds. The number of benzene rings is 1. The van der Waals surface area contributed by atoms with Gasteiger partial charge < -0.3 is 15.4 Å². The Kier molecular flexibility index (Phi) is 4.88. The minimum atomic E-state index is 0.114. The molecule has 0 radical (unpaired) electrons. The Bertz CT molecular complexity index is 465. The topological polar surface area (TPSA) is 62.3 Å². The number of nitrogens with two attached hydrogens (primary N) is 1. The summed E-state index contributed by atoms with van der Waals surface area (Å²) in [5.41, 5.74) is 7.51. The fourth-order valence-electron chi connectivity index (χ4n) is 3.00. The van der Waals surface area contributed by atoms with Gasteiger partial charge in [-0.2, -0.15) is 0 Å². The van der Waals surface area contributed by atoms with Crippen LogP contribution in [0.1, 0.15) is 44.1 Å². The Balaban J connectivity index is 2.30. The van der Waals surface area contributed by atoms with E-state index in [9.17, 15) is 0 Å². The number of nitrogens with one attached hydrogen (secondary N) is 1. The standard InChI is InChI=1S/C16H25N3O/c1-19(12-7-5-3-4-6-8-12)15-11-13(20-2)9-10-14(15)16(17)18/h9-12H,3-8H2,1-2H3,(H3,17,18). The largest absolute Gasteiger partial charge is 0.497 e. The van der Waals surface area contributed by atoms with Crippen molar-refractivity contribution in [3.63, 3.8) is 0 Å². The third kappa shape index (κ3) is 3.24. The molecule has 2 rings (SSSR count). The number of anilines is 1. The van der Waals surface area contributed by atoms with Crippen molar-refractivity contribution >= 4 is 11.5 Å². The number of ether oxygens (including phenoxy) is 1. The van der Waals surface area contributed by atoms with Crippen LogP contribution in [0.5, 0.6) is 5.75 Å². The summed E-state index contributed by atoms with van der Waals surface area (Å²) in [5.74, 6) is 0.925. The summed E-state index contributed by atoms with van der Waals surface area (Å²) in [6, 6.07) is 6.26. The molecular weight excluding hydrogens is 250 g/mol. The van der Waals surface area contributed by atoms with Gasteiger partial charge in [-0.25, -0.2) is 0 Å². The van der Waals surface area contributed by atoms with E-state index in [-0.39, 0.29) is 5.84 Å². The number of amidine groups is 1. The smallest absolute Gasteiger partial charge is 0.124 e. The highest BCUT2D eigenvalue weighted by Gasteiger charge is 2.20. The molecule has 110 valence electrons. The lowest BCUT2D eigenvalue weighted by Gasteiger charge is -2.31. The van der Waals surface area contributed by atoms with Gasteiger partial charge in [0, 0.05) is 24.7 Å². The second-order valence-corrected chi connectivity index (χ2v) is 5.55. The van der Waals surface area contributed by atoms with E-state index < -0.39 is 0 Å². The predicted octanol–water partition coefficient (Wildman–Crippen LogP) is 3.14. The summed E-state index contributed by atoms with van der Waals surface area (Å²) in [5, 5.41) is 7.76. The number of methoxy groups -OCH3 is 1. The van der Waals surface area contributed by atoms with E-state index in [1.165, 1.54) is 38.5 Å². The van der Waals surface area contributed by atoms with Gasteiger partial charge >= 0.3 is 0 Å². The first-order valence-electron chi connectivity index (χ1n) is 7.38. The van der Waals surface area contributed by atoms with Crippen LogP contribution in [0.25, 0.3) is 0 Å². The van der Waals surface area contributed by atoms with Gasteiger partial charge in [-0.05, 0) is 25.0 Å². The molecule has 0 aromatic heterocycles. The Morgan fingerprint density at radius 1 is 1.25 bits per heavy atom. The van der Waals surface area contributed by atoms with Crippen molar-refractivity contribution in [2.24, 2.45) is 5.73 Å². The molecule has 4 heteroatoms. The molecule has 0 heterocycles. The van der Waals surface area contributed by atoms with Crippen LogP contribution in [0.3, 0.4) is 0 Å². The van der Waals surface area contributed by atoms with Crippen molar-refractivity contribution < 1.29 is 4.74 Å². The Labute approximate surface area is 121 Å². The summed E-state index contributed by atoms with van der Waals surface area (Å²) >= 11 is 0. The normalized spacial score (nSPS) is 16.5. The van der Waals surface area contributed by atoms with Crippen molar-refractivity contribution in [3.05, 3.63) is 23.8 Å². The van der Waals surface area contributed by atoms with E-state index in [0.717, 1.165) is 17.0 Å². The van der Waals surface area contributed by atoms with Crippen LogP contribution in [-0.4, -0.2) is 26.0 Å². The van der Waals surface area contributed by atoms with Gasteiger partial charge in [0.2, 0.25) is 0 Å². The Morgan fingerprint density at radius 2 is 1.90 bits per heavy atom. The molecule has 20 heavy (non-hydrogen) atoms. The molecule has 0 bridgehead atoms. The molecule has 1 fully saturated rings. The van der Waals surface area contributed by atoms with Crippen molar-refractivity contribution in [2.75, 3.05) is 19.1 Å². The molecule has 1 aliphatic rings. The maximum atomic E-state index is 7.76. The molecule has 0 saturated heterocycles. The van der Waals surface area contributed by atoms with Gasteiger partial charge in [0.25, 0.3) is 0 Å². The molecule has 0 spiro atoms. The number of nitrogen functional groups attached to an aromatic ring is 1. The fraction of sp³-hybridized carbons (Fsp3) is 0.562. The number of nitrogens with zero attached hydrogens (tertiary/aromatic N) is 1. The van der Waals surface area contributed by atoms with E-state index in [1.54, 1.807) is 7.11 Å². The lowest BCUT2D eigenvalue weighted by atomic mass is 10.0. The van der Waals surface area contributed by atoms with E-state index in [0.29, 0.717) is 6.04 Å². The first kappa shape index (κ1) is 14.7. The van der Waals surface area contributed by atoms with Crippen LogP contribution >= 0.6 is 0 Å². The summed E-state index contributed by atoms with van der Waals surface area (Å²) in [4.78, 5) is 2.28. The Morgan fingerprint density at radius 3 is 2.45 bits per heavy atom. The minimum absolute atomic E-state index is 0.114. The number of rotatable bonds is 4. The monoisotopic (exact) mass is 275 g/mol. The molecule has 3 N–H and O–H groups in total. The third-order valence-electron chi connectivity index (χ3n) is 4.25. The van der Waals surface area contributed by atoms with Gasteiger partial charge in [-0.15, -0.1) is 0 Å². The van der Waals surface area contributed by atoms with Gasteiger partial charge in [0.05, 0.1) is 12.8 Å². The van der Waals surface area contributed by atoms with Gasteiger partial charge in [-0.3, -0.25) is 5.41 Å². The average Bonchev–Trinajstić information content (AvgIpc) is 2.74. The molecule has 0 aliphatic heterocycles. The van der Waals surface area contributed by atoms with Crippen molar-refractivity contribution in [1.82, 2.24) is 0 Å². The van der Waals surface area contributed by atoms with Crippen LogP contribution in [0.2, 0.25) is 0 Å².